The second-order valence-corrected chi connectivity index (χ2v) is 4.33. The van der Waals surface area contributed by atoms with Gasteiger partial charge < -0.3 is 10.6 Å². The number of hydrogen-bond donors (Lipinski definition) is 1. The van der Waals surface area contributed by atoms with Crippen LogP contribution in [0, 0.1) is 0 Å². The van der Waals surface area contributed by atoms with Crippen molar-refractivity contribution in [2.45, 2.75) is 12.5 Å². The number of nitrogen functional groups attached to an aromatic ring is 1. The summed E-state index contributed by atoms with van der Waals surface area (Å²) in [6, 6.07) is 17.8. The molecule has 0 aromatic heterocycles. The van der Waals surface area contributed by atoms with Crippen molar-refractivity contribution < 1.29 is 4.84 Å². The summed E-state index contributed by atoms with van der Waals surface area (Å²) >= 11 is 0. The summed E-state index contributed by atoms with van der Waals surface area (Å²) in [5.74, 6) is 0. The van der Waals surface area contributed by atoms with Gasteiger partial charge in [-0.3, -0.25) is 0 Å². The SMILES string of the molecule is Nc1ccccc1C1CC(c2ccccc2)=NO1. The van der Waals surface area contributed by atoms with Crippen LogP contribution in [0.15, 0.2) is 59.8 Å². The van der Waals surface area contributed by atoms with E-state index in [4.69, 9.17) is 10.6 Å². The molecule has 1 heterocycles. The minimum absolute atomic E-state index is 0.0681. The van der Waals surface area contributed by atoms with E-state index in [9.17, 15) is 0 Å². The summed E-state index contributed by atoms with van der Waals surface area (Å²) in [5.41, 5.74) is 9.80. The van der Waals surface area contributed by atoms with Crippen molar-refractivity contribution in [1.29, 1.82) is 0 Å². The molecule has 1 aliphatic rings. The van der Waals surface area contributed by atoms with Crippen LogP contribution in [0.25, 0.3) is 0 Å². The van der Waals surface area contributed by atoms with Crippen LogP contribution < -0.4 is 5.73 Å². The molecule has 1 unspecified atom stereocenters. The number of anilines is 1. The first-order valence-corrected chi connectivity index (χ1v) is 5.97. The van der Waals surface area contributed by atoms with Crippen LogP contribution in [0.1, 0.15) is 23.7 Å². The van der Waals surface area contributed by atoms with Crippen LogP contribution in [-0.2, 0) is 4.84 Å². The molecule has 0 spiro atoms. The molecule has 0 aliphatic carbocycles. The number of nitrogens with zero attached hydrogens (tertiary/aromatic N) is 1. The van der Waals surface area contributed by atoms with Crippen molar-refractivity contribution in [3.05, 3.63) is 65.7 Å². The highest BCUT2D eigenvalue weighted by atomic mass is 16.6. The molecule has 2 N–H and O–H groups in total. The van der Waals surface area contributed by atoms with Crippen LogP contribution >= 0.6 is 0 Å². The van der Waals surface area contributed by atoms with Crippen LogP contribution in [0.4, 0.5) is 5.69 Å². The maximum absolute atomic E-state index is 5.95. The second kappa shape index (κ2) is 4.53. The maximum Gasteiger partial charge on any atom is 0.160 e. The van der Waals surface area contributed by atoms with E-state index in [0.29, 0.717) is 0 Å². The zero-order valence-electron chi connectivity index (χ0n) is 9.91. The first-order valence-electron chi connectivity index (χ1n) is 5.97. The number of para-hydroxylation sites is 1. The molecule has 0 bridgehead atoms. The Morgan fingerprint density at radius 2 is 1.72 bits per heavy atom. The van der Waals surface area contributed by atoms with E-state index in [0.717, 1.165) is 28.9 Å². The molecule has 0 saturated carbocycles. The fourth-order valence-corrected chi connectivity index (χ4v) is 2.15. The zero-order valence-corrected chi connectivity index (χ0v) is 9.91. The Kier molecular flexibility index (Phi) is 2.73. The fraction of sp³-hybridized carbons (Fsp3) is 0.133. The molecule has 1 atom stereocenters. The zero-order chi connectivity index (χ0) is 12.4. The highest BCUT2D eigenvalue weighted by Gasteiger charge is 2.24. The van der Waals surface area contributed by atoms with Gasteiger partial charge in [0.1, 0.15) is 0 Å². The molecule has 3 heteroatoms. The Morgan fingerprint density at radius 1 is 1.00 bits per heavy atom. The van der Waals surface area contributed by atoms with Gasteiger partial charge in [-0.15, -0.1) is 0 Å². The summed E-state index contributed by atoms with van der Waals surface area (Å²) in [7, 11) is 0. The van der Waals surface area contributed by atoms with E-state index in [1.165, 1.54) is 0 Å². The molecular weight excluding hydrogens is 224 g/mol. The number of rotatable bonds is 2. The first-order chi connectivity index (χ1) is 8.84. The quantitative estimate of drug-likeness (QED) is 0.817. The number of oxime groups is 1. The van der Waals surface area contributed by atoms with E-state index >= 15 is 0 Å². The van der Waals surface area contributed by atoms with Gasteiger partial charge in [-0.25, -0.2) is 0 Å². The molecule has 0 radical (unpaired) electrons. The van der Waals surface area contributed by atoms with Gasteiger partial charge >= 0.3 is 0 Å². The van der Waals surface area contributed by atoms with E-state index in [1.54, 1.807) is 0 Å². The van der Waals surface area contributed by atoms with Crippen molar-refractivity contribution in [1.82, 2.24) is 0 Å². The summed E-state index contributed by atoms with van der Waals surface area (Å²) in [4.78, 5) is 5.49. The standard InChI is InChI=1S/C15H14N2O/c16-13-9-5-4-8-12(13)15-10-14(17-18-15)11-6-2-1-3-7-11/h1-9,15H,10,16H2. The molecule has 1 aliphatic heterocycles. The predicted octanol–water partition coefficient (Wildman–Crippen LogP) is 3.13. The summed E-state index contributed by atoms with van der Waals surface area (Å²) in [6.07, 6.45) is 0.694. The van der Waals surface area contributed by atoms with Crippen LogP contribution in [-0.4, -0.2) is 5.71 Å². The average Bonchev–Trinajstić information content (AvgIpc) is 2.90. The molecule has 0 fully saturated rings. The Labute approximate surface area is 106 Å². The normalized spacial score (nSPS) is 18.2. The largest absolute Gasteiger partial charge is 0.398 e. The summed E-state index contributed by atoms with van der Waals surface area (Å²) in [6.45, 7) is 0. The number of benzene rings is 2. The van der Waals surface area contributed by atoms with Gasteiger partial charge in [0.15, 0.2) is 6.10 Å². The van der Waals surface area contributed by atoms with Gasteiger partial charge in [0.2, 0.25) is 0 Å². The van der Waals surface area contributed by atoms with Crippen molar-refractivity contribution in [3.63, 3.8) is 0 Å². The topological polar surface area (TPSA) is 47.6 Å². The van der Waals surface area contributed by atoms with E-state index in [2.05, 4.69) is 5.16 Å². The minimum atomic E-state index is -0.0681. The van der Waals surface area contributed by atoms with Gasteiger partial charge in [0.05, 0.1) is 5.71 Å². The van der Waals surface area contributed by atoms with Crippen molar-refractivity contribution >= 4 is 11.4 Å². The Bertz CT molecular complexity index is 578. The van der Waals surface area contributed by atoms with Crippen LogP contribution in [0.2, 0.25) is 0 Å². The Hall–Kier alpha value is -2.29. The number of hydrogen-bond acceptors (Lipinski definition) is 3. The van der Waals surface area contributed by atoms with E-state index < -0.39 is 0 Å². The lowest BCUT2D eigenvalue weighted by Crippen LogP contribution is -2.04. The smallest absolute Gasteiger partial charge is 0.160 e. The van der Waals surface area contributed by atoms with Gasteiger partial charge in [-0.1, -0.05) is 53.7 Å². The summed E-state index contributed by atoms with van der Waals surface area (Å²) in [5, 5.41) is 4.17. The molecule has 18 heavy (non-hydrogen) atoms. The molecule has 0 saturated heterocycles. The molecule has 2 aromatic rings. The third-order valence-electron chi connectivity index (χ3n) is 3.12. The average molecular weight is 238 g/mol. The molecule has 3 rings (SSSR count). The lowest BCUT2D eigenvalue weighted by atomic mass is 9.99. The Balaban J connectivity index is 1.81. The lowest BCUT2D eigenvalue weighted by molar-refractivity contribution is 0.0862. The van der Waals surface area contributed by atoms with Crippen molar-refractivity contribution in [3.8, 4) is 0 Å². The molecular formula is C15H14N2O. The first kappa shape index (κ1) is 10.8. The van der Waals surface area contributed by atoms with Gasteiger partial charge in [0.25, 0.3) is 0 Å². The van der Waals surface area contributed by atoms with Gasteiger partial charge in [-0.05, 0) is 11.6 Å². The fourth-order valence-electron chi connectivity index (χ4n) is 2.15. The van der Waals surface area contributed by atoms with Gasteiger partial charge in [-0.2, -0.15) is 0 Å². The lowest BCUT2D eigenvalue weighted by Gasteiger charge is -2.10. The molecule has 90 valence electrons. The monoisotopic (exact) mass is 238 g/mol. The molecule has 3 nitrogen and oxygen atoms in total. The third kappa shape index (κ3) is 1.95. The van der Waals surface area contributed by atoms with Crippen LogP contribution in [0.3, 0.4) is 0 Å². The summed E-state index contributed by atoms with van der Waals surface area (Å²) < 4.78 is 0. The maximum atomic E-state index is 5.95. The highest BCUT2D eigenvalue weighted by Crippen LogP contribution is 2.32. The van der Waals surface area contributed by atoms with Crippen LogP contribution in [0.5, 0.6) is 0 Å². The Morgan fingerprint density at radius 3 is 2.50 bits per heavy atom. The third-order valence-corrected chi connectivity index (χ3v) is 3.12. The van der Waals surface area contributed by atoms with E-state index in [-0.39, 0.29) is 6.10 Å². The van der Waals surface area contributed by atoms with Gasteiger partial charge in [0, 0.05) is 17.7 Å². The highest BCUT2D eigenvalue weighted by molar-refractivity contribution is 6.01. The predicted molar refractivity (Wildman–Crippen MR) is 72.3 cm³/mol. The minimum Gasteiger partial charge on any atom is -0.398 e. The molecule has 0 amide bonds. The van der Waals surface area contributed by atoms with Crippen molar-refractivity contribution in [2.75, 3.05) is 5.73 Å². The second-order valence-electron chi connectivity index (χ2n) is 4.33. The van der Waals surface area contributed by atoms with E-state index in [1.807, 2.05) is 54.6 Å². The molecule has 2 aromatic carbocycles. The van der Waals surface area contributed by atoms with Crippen molar-refractivity contribution in [2.24, 2.45) is 5.16 Å². The number of nitrogens with two attached hydrogens (primary N) is 1.